The smallest absolute Gasteiger partial charge is 0.461 e. The van der Waals surface area contributed by atoms with Crippen molar-refractivity contribution in [2.75, 3.05) is 19.8 Å². The molecule has 0 saturated carbocycles. The quantitative estimate of drug-likeness (QED) is 0.104. The van der Waals surface area contributed by atoms with Crippen molar-refractivity contribution >= 4 is 24.2 Å². The van der Waals surface area contributed by atoms with E-state index in [1.54, 1.807) is 13.0 Å². The Kier molecular flexibility index (Phi) is 17.1. The fourth-order valence-electron chi connectivity index (χ4n) is 3.38. The summed E-state index contributed by atoms with van der Waals surface area (Å²) < 4.78 is 31.1. The molecular formula is C29H45NO10. The van der Waals surface area contributed by atoms with Crippen LogP contribution in [0, 0.1) is 5.92 Å². The van der Waals surface area contributed by atoms with Gasteiger partial charge in [0.25, 0.3) is 0 Å². The Bertz CT molecular complexity index is 933. The predicted octanol–water partition coefficient (Wildman–Crippen LogP) is 5.49. The normalized spacial score (nSPS) is 12.3. The molecule has 0 aliphatic carbocycles. The molecule has 0 aliphatic rings. The number of rotatable bonds is 18. The molecule has 0 aromatic heterocycles. The van der Waals surface area contributed by atoms with Crippen molar-refractivity contribution in [3.8, 4) is 11.5 Å². The van der Waals surface area contributed by atoms with Gasteiger partial charge in [0.2, 0.25) is 0 Å². The first-order valence-electron chi connectivity index (χ1n) is 14.0. The summed E-state index contributed by atoms with van der Waals surface area (Å²) in [4.78, 5) is 48.6. The molecule has 1 rings (SSSR count). The summed E-state index contributed by atoms with van der Waals surface area (Å²) in [6.45, 7) is 9.73. The van der Waals surface area contributed by atoms with E-state index in [2.05, 4.69) is 0 Å². The van der Waals surface area contributed by atoms with Gasteiger partial charge in [-0.1, -0.05) is 59.4 Å². The highest BCUT2D eigenvalue weighted by atomic mass is 16.7. The fraction of sp³-hybridized carbons (Fsp3) is 0.655. The maximum Gasteiger partial charge on any atom is 0.513 e. The summed E-state index contributed by atoms with van der Waals surface area (Å²) >= 11 is 0. The van der Waals surface area contributed by atoms with Crippen LogP contribution < -0.4 is 15.2 Å². The monoisotopic (exact) mass is 567 g/mol. The van der Waals surface area contributed by atoms with E-state index >= 15 is 0 Å². The molecule has 226 valence electrons. The van der Waals surface area contributed by atoms with Crippen molar-refractivity contribution in [2.24, 2.45) is 11.7 Å². The SMILES string of the molecule is CCCCCOC(=O)Oc1ccc(C[C@H](N)C(=O)OC[C@H](C)OC(=O)CC(C)C)cc1OC(=O)OCCCCC. The van der Waals surface area contributed by atoms with Crippen LogP contribution in [0.1, 0.15) is 85.1 Å². The van der Waals surface area contributed by atoms with Crippen molar-refractivity contribution in [2.45, 2.75) is 98.1 Å². The first-order valence-corrected chi connectivity index (χ1v) is 14.0. The Hall–Kier alpha value is -3.34. The first kappa shape index (κ1) is 34.7. The van der Waals surface area contributed by atoms with Gasteiger partial charge in [0.05, 0.1) is 13.2 Å². The lowest BCUT2D eigenvalue weighted by Gasteiger charge is -2.17. The van der Waals surface area contributed by atoms with Crippen molar-refractivity contribution in [3.63, 3.8) is 0 Å². The maximum absolute atomic E-state index is 12.4. The van der Waals surface area contributed by atoms with Gasteiger partial charge in [0.15, 0.2) is 11.5 Å². The lowest BCUT2D eigenvalue weighted by atomic mass is 10.1. The second-order valence-electron chi connectivity index (χ2n) is 9.94. The van der Waals surface area contributed by atoms with Crippen LogP contribution in [-0.4, -0.2) is 56.2 Å². The van der Waals surface area contributed by atoms with Crippen LogP contribution in [0.5, 0.6) is 11.5 Å². The number of hydrogen-bond acceptors (Lipinski definition) is 11. The zero-order valence-electron chi connectivity index (χ0n) is 24.4. The van der Waals surface area contributed by atoms with E-state index < -0.39 is 30.4 Å². The fourth-order valence-corrected chi connectivity index (χ4v) is 3.38. The Labute approximate surface area is 236 Å². The molecule has 1 aromatic carbocycles. The number of carbonyl (C=O) groups excluding carboxylic acids is 4. The molecule has 0 saturated heterocycles. The zero-order valence-corrected chi connectivity index (χ0v) is 24.4. The van der Waals surface area contributed by atoms with E-state index in [0.29, 0.717) is 18.4 Å². The van der Waals surface area contributed by atoms with E-state index in [9.17, 15) is 19.2 Å². The van der Waals surface area contributed by atoms with Crippen molar-refractivity contribution in [3.05, 3.63) is 23.8 Å². The van der Waals surface area contributed by atoms with Crippen LogP contribution in [0.2, 0.25) is 0 Å². The third-order valence-electron chi connectivity index (χ3n) is 5.46. The minimum absolute atomic E-state index is 0.0317. The summed E-state index contributed by atoms with van der Waals surface area (Å²) in [6.07, 6.45) is 2.91. The molecule has 0 radical (unpaired) electrons. The summed E-state index contributed by atoms with van der Waals surface area (Å²) in [5, 5.41) is 0. The molecule has 2 N–H and O–H groups in total. The van der Waals surface area contributed by atoms with Gasteiger partial charge in [-0.05, 0) is 49.8 Å². The standard InChI is InChI=1S/C29H45NO10/c1-6-8-10-14-35-28(33)39-24-13-12-22(18-25(24)40-29(34)36-15-11-9-7-2)17-23(30)27(32)37-19-21(5)38-26(31)16-20(3)4/h12-13,18,20-21,23H,6-11,14-17,19,30H2,1-5H3/t21-,23-/m0/s1. The molecular weight excluding hydrogens is 522 g/mol. The summed E-state index contributed by atoms with van der Waals surface area (Å²) in [5.74, 6) is -1.05. The number of hydrogen-bond donors (Lipinski definition) is 1. The van der Waals surface area contributed by atoms with Gasteiger partial charge >= 0.3 is 24.2 Å². The number of ether oxygens (including phenoxy) is 6. The number of esters is 2. The van der Waals surface area contributed by atoms with Gasteiger partial charge in [0, 0.05) is 6.42 Å². The predicted molar refractivity (Wildman–Crippen MR) is 147 cm³/mol. The zero-order chi connectivity index (χ0) is 29.9. The molecule has 0 bridgehead atoms. The average Bonchev–Trinajstić information content (AvgIpc) is 2.88. The van der Waals surface area contributed by atoms with E-state index in [0.717, 1.165) is 25.7 Å². The van der Waals surface area contributed by atoms with Crippen LogP contribution in [0.25, 0.3) is 0 Å². The number of nitrogens with two attached hydrogens (primary N) is 1. The third kappa shape index (κ3) is 15.3. The van der Waals surface area contributed by atoms with Crippen molar-refractivity contribution in [1.29, 1.82) is 0 Å². The van der Waals surface area contributed by atoms with E-state index in [1.165, 1.54) is 12.1 Å². The Morgan fingerprint density at radius 3 is 1.93 bits per heavy atom. The minimum Gasteiger partial charge on any atom is -0.461 e. The lowest BCUT2D eigenvalue weighted by Crippen LogP contribution is -2.36. The Morgan fingerprint density at radius 2 is 1.38 bits per heavy atom. The van der Waals surface area contributed by atoms with E-state index in [4.69, 9.17) is 34.2 Å². The minimum atomic E-state index is -1.05. The summed E-state index contributed by atoms with van der Waals surface area (Å²) in [6, 6.07) is 3.36. The highest BCUT2D eigenvalue weighted by Crippen LogP contribution is 2.30. The largest absolute Gasteiger partial charge is 0.513 e. The van der Waals surface area contributed by atoms with Crippen LogP contribution in [0.3, 0.4) is 0 Å². The van der Waals surface area contributed by atoms with E-state index in [1.807, 2.05) is 27.7 Å². The summed E-state index contributed by atoms with van der Waals surface area (Å²) in [5.41, 5.74) is 6.54. The Morgan fingerprint density at radius 1 is 0.800 bits per heavy atom. The highest BCUT2D eigenvalue weighted by Gasteiger charge is 2.21. The van der Waals surface area contributed by atoms with Crippen LogP contribution in [-0.2, 0) is 35.0 Å². The molecule has 0 unspecified atom stereocenters. The van der Waals surface area contributed by atoms with Crippen molar-refractivity contribution in [1.82, 2.24) is 0 Å². The second kappa shape index (κ2) is 19.7. The molecule has 0 heterocycles. The maximum atomic E-state index is 12.4. The van der Waals surface area contributed by atoms with Crippen LogP contribution >= 0.6 is 0 Å². The number of benzene rings is 1. The van der Waals surface area contributed by atoms with Gasteiger partial charge in [0.1, 0.15) is 18.8 Å². The molecule has 1 aromatic rings. The van der Waals surface area contributed by atoms with Gasteiger partial charge in [-0.2, -0.15) is 0 Å². The average molecular weight is 568 g/mol. The second-order valence-corrected chi connectivity index (χ2v) is 9.94. The molecule has 11 nitrogen and oxygen atoms in total. The Balaban J connectivity index is 2.82. The highest BCUT2D eigenvalue weighted by molar-refractivity contribution is 5.76. The molecule has 2 atom stereocenters. The molecule has 0 amide bonds. The molecule has 0 fully saturated rings. The lowest BCUT2D eigenvalue weighted by molar-refractivity contribution is -0.159. The van der Waals surface area contributed by atoms with E-state index in [-0.39, 0.29) is 56.0 Å². The molecule has 40 heavy (non-hydrogen) atoms. The van der Waals surface area contributed by atoms with Gasteiger partial charge in [-0.3, -0.25) is 9.59 Å². The first-order chi connectivity index (χ1) is 19.0. The summed E-state index contributed by atoms with van der Waals surface area (Å²) in [7, 11) is 0. The van der Waals surface area contributed by atoms with Crippen molar-refractivity contribution < 1.29 is 47.6 Å². The van der Waals surface area contributed by atoms with Crippen LogP contribution in [0.15, 0.2) is 18.2 Å². The van der Waals surface area contributed by atoms with Gasteiger partial charge in [-0.25, -0.2) is 9.59 Å². The topological polar surface area (TPSA) is 150 Å². The number of unbranched alkanes of at least 4 members (excludes halogenated alkanes) is 4. The van der Waals surface area contributed by atoms with Gasteiger partial charge < -0.3 is 34.2 Å². The van der Waals surface area contributed by atoms with Gasteiger partial charge in [-0.15, -0.1) is 0 Å². The molecule has 0 aliphatic heterocycles. The molecule has 0 spiro atoms. The third-order valence-corrected chi connectivity index (χ3v) is 5.46. The van der Waals surface area contributed by atoms with Crippen LogP contribution in [0.4, 0.5) is 9.59 Å². The molecule has 11 heteroatoms. The number of carbonyl (C=O) groups is 4.